The molecule has 4 heteroatoms. The molecule has 0 aliphatic rings. The van der Waals surface area contributed by atoms with Gasteiger partial charge in [0, 0.05) is 0 Å². The Hall–Kier alpha value is -0.610. The van der Waals surface area contributed by atoms with Crippen LogP contribution < -0.4 is 0 Å². The molecule has 2 atom stereocenters. The topological polar surface area (TPSA) is 66.8 Å². The highest BCUT2D eigenvalue weighted by molar-refractivity contribution is 5.69. The number of aliphatic hydroxyl groups is 2. The van der Waals surface area contributed by atoms with E-state index in [4.69, 9.17) is 0 Å². The summed E-state index contributed by atoms with van der Waals surface area (Å²) in [7, 11) is 1.34. The number of unbranched alkanes of at least 4 members (excludes halogenated alkanes) is 4. The van der Waals surface area contributed by atoms with E-state index < -0.39 is 6.10 Å². The highest BCUT2D eigenvalue weighted by atomic mass is 16.5. The second-order valence-corrected chi connectivity index (χ2v) is 5.22. The van der Waals surface area contributed by atoms with Crippen molar-refractivity contribution in [1.82, 2.24) is 0 Å². The number of hydrogen-bond acceptors (Lipinski definition) is 4. The molecular formula is C15H30O4. The zero-order valence-corrected chi connectivity index (χ0v) is 12.4. The van der Waals surface area contributed by atoms with Gasteiger partial charge in [0.15, 0.2) is 0 Å². The summed E-state index contributed by atoms with van der Waals surface area (Å²) in [6.45, 7) is 2.09. The summed E-state index contributed by atoms with van der Waals surface area (Å²) < 4.78 is 4.50. The van der Waals surface area contributed by atoms with E-state index in [0.717, 1.165) is 51.4 Å². The van der Waals surface area contributed by atoms with Crippen molar-refractivity contribution in [2.24, 2.45) is 0 Å². The number of ether oxygens (including phenoxy) is 1. The molecule has 0 aliphatic carbocycles. The first-order chi connectivity index (χ1) is 9.10. The smallest absolute Gasteiger partial charge is 0.308 e. The first kappa shape index (κ1) is 18.4. The van der Waals surface area contributed by atoms with E-state index in [1.165, 1.54) is 7.11 Å². The molecule has 0 heterocycles. The molecule has 0 aromatic carbocycles. The number of methoxy groups -OCH3 is 1. The first-order valence-electron chi connectivity index (χ1n) is 7.53. The van der Waals surface area contributed by atoms with Gasteiger partial charge < -0.3 is 14.9 Å². The van der Waals surface area contributed by atoms with Crippen molar-refractivity contribution in [3.05, 3.63) is 0 Å². The van der Waals surface area contributed by atoms with Crippen molar-refractivity contribution >= 4 is 5.97 Å². The van der Waals surface area contributed by atoms with Crippen LogP contribution >= 0.6 is 0 Å². The molecule has 0 aliphatic heterocycles. The SMILES string of the molecule is CCCC(O)CCCCCCCC(O)CC(=O)OC. The molecule has 0 bridgehead atoms. The Morgan fingerprint density at radius 1 is 0.947 bits per heavy atom. The Kier molecular flexibility index (Phi) is 12.0. The summed E-state index contributed by atoms with van der Waals surface area (Å²) in [6.07, 6.45) is 8.25. The fourth-order valence-corrected chi connectivity index (χ4v) is 2.15. The summed E-state index contributed by atoms with van der Waals surface area (Å²) in [5.74, 6) is -0.350. The molecule has 0 radical (unpaired) electrons. The lowest BCUT2D eigenvalue weighted by Gasteiger charge is -2.10. The van der Waals surface area contributed by atoms with Crippen LogP contribution in [0.4, 0.5) is 0 Å². The molecule has 114 valence electrons. The van der Waals surface area contributed by atoms with Crippen LogP contribution in [-0.2, 0) is 9.53 Å². The van der Waals surface area contributed by atoms with E-state index >= 15 is 0 Å². The highest BCUT2D eigenvalue weighted by Crippen LogP contribution is 2.12. The van der Waals surface area contributed by atoms with Gasteiger partial charge in [0.1, 0.15) is 0 Å². The van der Waals surface area contributed by atoms with Gasteiger partial charge in [-0.05, 0) is 19.3 Å². The molecular weight excluding hydrogens is 244 g/mol. The molecule has 4 nitrogen and oxygen atoms in total. The quantitative estimate of drug-likeness (QED) is 0.424. The fourth-order valence-electron chi connectivity index (χ4n) is 2.15. The van der Waals surface area contributed by atoms with Crippen LogP contribution in [0.2, 0.25) is 0 Å². The van der Waals surface area contributed by atoms with Gasteiger partial charge in [0.05, 0.1) is 25.7 Å². The second-order valence-electron chi connectivity index (χ2n) is 5.22. The summed E-state index contributed by atoms with van der Waals surface area (Å²) in [4.78, 5) is 10.9. The van der Waals surface area contributed by atoms with Crippen LogP contribution in [0.25, 0.3) is 0 Å². The lowest BCUT2D eigenvalue weighted by molar-refractivity contribution is -0.142. The van der Waals surface area contributed by atoms with Crippen LogP contribution in [0.1, 0.15) is 71.1 Å². The molecule has 0 spiro atoms. The Labute approximate surface area is 117 Å². The third-order valence-corrected chi connectivity index (χ3v) is 3.33. The predicted molar refractivity (Wildman–Crippen MR) is 75.9 cm³/mol. The zero-order valence-electron chi connectivity index (χ0n) is 12.4. The largest absolute Gasteiger partial charge is 0.469 e. The lowest BCUT2D eigenvalue weighted by atomic mass is 10.0. The van der Waals surface area contributed by atoms with E-state index in [1.807, 2.05) is 0 Å². The van der Waals surface area contributed by atoms with Gasteiger partial charge in [-0.2, -0.15) is 0 Å². The molecule has 19 heavy (non-hydrogen) atoms. The molecule has 0 fully saturated rings. The van der Waals surface area contributed by atoms with Gasteiger partial charge in [-0.3, -0.25) is 4.79 Å². The third kappa shape index (κ3) is 12.2. The average molecular weight is 274 g/mol. The first-order valence-corrected chi connectivity index (χ1v) is 7.53. The van der Waals surface area contributed by atoms with Gasteiger partial charge >= 0.3 is 5.97 Å². The molecule has 0 rings (SSSR count). The van der Waals surface area contributed by atoms with Gasteiger partial charge in [-0.15, -0.1) is 0 Å². The molecule has 0 aromatic rings. The Morgan fingerprint density at radius 3 is 2.00 bits per heavy atom. The molecule has 0 saturated heterocycles. The number of hydrogen-bond donors (Lipinski definition) is 2. The number of rotatable bonds is 12. The summed E-state index contributed by atoms with van der Waals surface area (Å²) >= 11 is 0. The average Bonchev–Trinajstić information content (AvgIpc) is 2.37. The van der Waals surface area contributed by atoms with Crippen molar-refractivity contribution in [2.45, 2.75) is 83.3 Å². The van der Waals surface area contributed by atoms with E-state index in [9.17, 15) is 15.0 Å². The highest BCUT2D eigenvalue weighted by Gasteiger charge is 2.10. The van der Waals surface area contributed by atoms with Crippen LogP contribution in [0.3, 0.4) is 0 Å². The van der Waals surface area contributed by atoms with Gasteiger partial charge in [-0.25, -0.2) is 0 Å². The van der Waals surface area contributed by atoms with Crippen molar-refractivity contribution in [2.75, 3.05) is 7.11 Å². The van der Waals surface area contributed by atoms with Crippen molar-refractivity contribution < 1.29 is 19.7 Å². The minimum absolute atomic E-state index is 0.0969. The Morgan fingerprint density at radius 2 is 1.47 bits per heavy atom. The number of aliphatic hydroxyl groups excluding tert-OH is 2. The maximum atomic E-state index is 10.9. The van der Waals surface area contributed by atoms with Gasteiger partial charge in [0.25, 0.3) is 0 Å². The standard InChI is InChI=1S/C15H30O4/c1-3-9-13(16)10-7-5-4-6-8-11-14(17)12-15(18)19-2/h13-14,16-17H,3-12H2,1-2H3. The minimum Gasteiger partial charge on any atom is -0.469 e. The normalized spacial score (nSPS) is 14.1. The number of esters is 1. The summed E-state index contributed by atoms with van der Waals surface area (Å²) in [5.41, 5.74) is 0. The number of carbonyl (C=O) groups is 1. The maximum Gasteiger partial charge on any atom is 0.308 e. The van der Waals surface area contributed by atoms with Crippen molar-refractivity contribution in [3.8, 4) is 0 Å². The van der Waals surface area contributed by atoms with Crippen molar-refractivity contribution in [1.29, 1.82) is 0 Å². The lowest BCUT2D eigenvalue weighted by Crippen LogP contribution is -2.14. The van der Waals surface area contributed by atoms with Crippen LogP contribution in [-0.4, -0.2) is 35.5 Å². The molecule has 2 unspecified atom stereocenters. The van der Waals surface area contributed by atoms with Crippen LogP contribution in [0, 0.1) is 0 Å². The zero-order chi connectivity index (χ0) is 14.5. The van der Waals surface area contributed by atoms with Crippen LogP contribution in [0.5, 0.6) is 0 Å². The molecule has 0 saturated carbocycles. The van der Waals surface area contributed by atoms with E-state index in [0.29, 0.717) is 6.42 Å². The maximum absolute atomic E-state index is 10.9. The Bertz CT molecular complexity index is 218. The van der Waals surface area contributed by atoms with Gasteiger partial charge in [0.2, 0.25) is 0 Å². The summed E-state index contributed by atoms with van der Waals surface area (Å²) in [5, 5.41) is 19.1. The Balaban J connectivity index is 3.29. The van der Waals surface area contributed by atoms with E-state index in [1.54, 1.807) is 0 Å². The fraction of sp³-hybridized carbons (Fsp3) is 0.933. The minimum atomic E-state index is -0.571. The van der Waals surface area contributed by atoms with Gasteiger partial charge in [-0.1, -0.05) is 45.4 Å². The molecule has 2 N–H and O–H groups in total. The molecule has 0 aromatic heterocycles. The summed E-state index contributed by atoms with van der Waals surface area (Å²) in [6, 6.07) is 0. The third-order valence-electron chi connectivity index (χ3n) is 3.33. The monoisotopic (exact) mass is 274 g/mol. The van der Waals surface area contributed by atoms with Crippen molar-refractivity contribution in [3.63, 3.8) is 0 Å². The molecule has 0 amide bonds. The predicted octanol–water partition coefficient (Wildman–Crippen LogP) is 2.80. The second kappa shape index (κ2) is 12.4. The van der Waals surface area contributed by atoms with Crippen LogP contribution in [0.15, 0.2) is 0 Å². The van der Waals surface area contributed by atoms with E-state index in [-0.39, 0.29) is 18.5 Å². The number of carbonyl (C=O) groups excluding carboxylic acids is 1. The van der Waals surface area contributed by atoms with E-state index in [2.05, 4.69) is 11.7 Å².